The van der Waals surface area contributed by atoms with Gasteiger partial charge < -0.3 is 15.2 Å². The number of aliphatic hydroxyl groups excluding tert-OH is 1. The monoisotopic (exact) mass is 416 g/mol. The Balaban J connectivity index is 1.89. The van der Waals surface area contributed by atoms with Crippen LogP contribution in [0.3, 0.4) is 0 Å². The van der Waals surface area contributed by atoms with Crippen LogP contribution in [0.1, 0.15) is 35.2 Å². The fraction of sp³-hybridized carbons (Fsp3) is 0.364. The number of aliphatic hydroxyl groups is 1. The van der Waals surface area contributed by atoms with E-state index in [1.807, 2.05) is 6.07 Å². The van der Waals surface area contributed by atoms with Gasteiger partial charge in [-0.05, 0) is 49.7 Å². The van der Waals surface area contributed by atoms with Gasteiger partial charge in [-0.15, -0.1) is 0 Å². The number of nitrogens with one attached hydrogen (secondary N) is 2. The number of hydrogen-bond acceptors (Lipinski definition) is 4. The first-order chi connectivity index (χ1) is 14.0. The molecular weight excluding hydrogens is 391 g/mol. The van der Waals surface area contributed by atoms with E-state index in [0.717, 1.165) is 0 Å². The molecule has 3 rings (SSSR count). The maximum Gasteiger partial charge on any atom is 0.257 e. The van der Waals surface area contributed by atoms with Crippen LogP contribution in [-0.2, 0) is 10.3 Å². The lowest BCUT2D eigenvalue weighted by molar-refractivity contribution is -0.00970. The summed E-state index contributed by atoms with van der Waals surface area (Å²) in [5, 5.41) is 16.1. The Hall–Kier alpha value is -2.35. The van der Waals surface area contributed by atoms with Crippen LogP contribution < -0.4 is 10.6 Å². The van der Waals surface area contributed by atoms with E-state index in [-0.39, 0.29) is 35.5 Å². The number of carbonyl (C=O) groups is 1. The van der Waals surface area contributed by atoms with Crippen molar-refractivity contribution in [1.29, 1.82) is 0 Å². The first-order valence-corrected chi connectivity index (χ1v) is 9.98. The average molecular weight is 417 g/mol. The molecule has 3 atom stereocenters. The molecule has 1 unspecified atom stereocenters. The fourth-order valence-electron chi connectivity index (χ4n) is 4.08. The van der Waals surface area contributed by atoms with Gasteiger partial charge in [0.1, 0.15) is 5.82 Å². The van der Waals surface area contributed by atoms with E-state index in [0.29, 0.717) is 30.4 Å². The predicted molar refractivity (Wildman–Crippen MR) is 113 cm³/mol. The van der Waals surface area contributed by atoms with Crippen molar-refractivity contribution in [1.82, 2.24) is 10.6 Å². The molecule has 0 aromatic heterocycles. The summed E-state index contributed by atoms with van der Waals surface area (Å²) >= 11 is 5.41. The van der Waals surface area contributed by atoms with Crippen molar-refractivity contribution in [2.45, 2.75) is 30.9 Å². The minimum atomic E-state index is -0.948. The lowest BCUT2D eigenvalue weighted by Gasteiger charge is -2.47. The Morgan fingerprint density at radius 2 is 1.93 bits per heavy atom. The summed E-state index contributed by atoms with van der Waals surface area (Å²) in [7, 11) is 1.63. The minimum Gasteiger partial charge on any atom is -0.396 e. The zero-order chi connectivity index (χ0) is 20.9. The summed E-state index contributed by atoms with van der Waals surface area (Å²) in [5.74, 6) is -1.07. The highest BCUT2D eigenvalue weighted by Crippen LogP contribution is 2.43. The predicted octanol–water partition coefficient (Wildman–Crippen LogP) is 3.13. The van der Waals surface area contributed by atoms with Crippen LogP contribution in [0.5, 0.6) is 0 Å². The van der Waals surface area contributed by atoms with Gasteiger partial charge in [0.25, 0.3) is 5.91 Å². The molecule has 5 nitrogen and oxygen atoms in total. The number of amides is 1. The van der Waals surface area contributed by atoms with Crippen LogP contribution >= 0.6 is 12.2 Å². The van der Waals surface area contributed by atoms with Gasteiger partial charge in [0, 0.05) is 30.8 Å². The van der Waals surface area contributed by atoms with Crippen molar-refractivity contribution in [3.8, 4) is 0 Å². The topological polar surface area (TPSA) is 70.6 Å². The highest BCUT2D eigenvalue weighted by atomic mass is 32.1. The van der Waals surface area contributed by atoms with Crippen molar-refractivity contribution in [3.05, 3.63) is 71.5 Å². The molecule has 154 valence electrons. The molecule has 1 saturated carbocycles. The van der Waals surface area contributed by atoms with Gasteiger partial charge in [-0.3, -0.25) is 10.1 Å². The molecule has 1 aliphatic carbocycles. The van der Waals surface area contributed by atoms with Gasteiger partial charge >= 0.3 is 0 Å². The maximum absolute atomic E-state index is 14.8. The number of rotatable bonds is 5. The lowest BCUT2D eigenvalue weighted by atomic mass is 9.68. The van der Waals surface area contributed by atoms with E-state index in [4.69, 9.17) is 17.0 Å². The Labute approximate surface area is 175 Å². The molecule has 2 aromatic rings. The molecule has 2 aromatic carbocycles. The fourth-order valence-corrected chi connectivity index (χ4v) is 4.36. The number of benzene rings is 2. The van der Waals surface area contributed by atoms with Gasteiger partial charge in [-0.2, -0.15) is 0 Å². The van der Waals surface area contributed by atoms with Gasteiger partial charge in [0.2, 0.25) is 0 Å². The molecular formula is C22H25FN2O3S. The molecule has 0 spiro atoms. The van der Waals surface area contributed by atoms with Gasteiger partial charge in [0.15, 0.2) is 5.11 Å². The summed E-state index contributed by atoms with van der Waals surface area (Å²) in [6.07, 6.45) is 1.69. The van der Waals surface area contributed by atoms with Crippen LogP contribution in [0, 0.1) is 11.7 Å². The first kappa shape index (κ1) is 21.4. The summed E-state index contributed by atoms with van der Waals surface area (Å²) in [6.45, 7) is -0.170. The van der Waals surface area contributed by atoms with Gasteiger partial charge in [-0.1, -0.05) is 36.4 Å². The smallest absolute Gasteiger partial charge is 0.257 e. The average Bonchev–Trinajstić information content (AvgIpc) is 2.74. The number of ether oxygens (including phenoxy) is 1. The van der Waals surface area contributed by atoms with Crippen molar-refractivity contribution in [2.75, 3.05) is 13.7 Å². The molecule has 3 N–H and O–H groups in total. The SMILES string of the molecule is COC1CC[C@@](NC(=S)NC(=O)c2ccccc2)(c2ccccc2F)[C@H](CO)C1. The van der Waals surface area contributed by atoms with Crippen molar-refractivity contribution < 1.29 is 19.0 Å². The molecule has 29 heavy (non-hydrogen) atoms. The van der Waals surface area contributed by atoms with E-state index >= 15 is 0 Å². The largest absolute Gasteiger partial charge is 0.396 e. The van der Waals surface area contributed by atoms with Gasteiger partial charge in [0.05, 0.1) is 11.6 Å². The molecule has 0 bridgehead atoms. The Morgan fingerprint density at radius 1 is 1.24 bits per heavy atom. The standard InChI is InChI=1S/C22H25FN2O3S/c1-28-17-11-12-22(16(13-17)14-26,18-9-5-6-10-19(18)23)25-21(29)24-20(27)15-7-3-2-4-8-15/h2-10,16-17,26H,11-14H2,1H3,(H2,24,25,27,29)/t16-,17?,22-/m0/s1. The third-order valence-corrected chi connectivity index (χ3v) is 5.82. The van der Waals surface area contributed by atoms with E-state index in [9.17, 15) is 14.3 Å². The summed E-state index contributed by atoms with van der Waals surface area (Å²) < 4.78 is 20.3. The quantitative estimate of drug-likeness (QED) is 0.654. The summed E-state index contributed by atoms with van der Waals surface area (Å²) in [6, 6.07) is 15.2. The Kier molecular flexibility index (Phi) is 6.95. The number of hydrogen-bond donors (Lipinski definition) is 3. The van der Waals surface area contributed by atoms with Crippen LogP contribution in [0.15, 0.2) is 54.6 Å². The maximum atomic E-state index is 14.8. The number of carbonyl (C=O) groups excluding carboxylic acids is 1. The molecule has 0 heterocycles. The normalized spacial score (nSPS) is 24.0. The molecule has 7 heteroatoms. The molecule has 0 radical (unpaired) electrons. The molecule has 0 aliphatic heterocycles. The first-order valence-electron chi connectivity index (χ1n) is 9.57. The minimum absolute atomic E-state index is 0.0265. The molecule has 1 amide bonds. The van der Waals surface area contributed by atoms with Crippen LogP contribution in [0.25, 0.3) is 0 Å². The second-order valence-electron chi connectivity index (χ2n) is 7.24. The van der Waals surface area contributed by atoms with Crippen molar-refractivity contribution in [3.63, 3.8) is 0 Å². The van der Waals surface area contributed by atoms with Crippen molar-refractivity contribution in [2.24, 2.45) is 5.92 Å². The van der Waals surface area contributed by atoms with Crippen LogP contribution in [0.4, 0.5) is 4.39 Å². The highest BCUT2D eigenvalue weighted by Gasteiger charge is 2.46. The zero-order valence-electron chi connectivity index (χ0n) is 16.2. The third kappa shape index (κ3) is 4.63. The molecule has 0 saturated heterocycles. The molecule has 1 fully saturated rings. The van der Waals surface area contributed by atoms with Crippen LogP contribution in [-0.4, -0.2) is 35.9 Å². The second-order valence-corrected chi connectivity index (χ2v) is 7.65. The highest BCUT2D eigenvalue weighted by molar-refractivity contribution is 7.80. The third-order valence-electron chi connectivity index (χ3n) is 5.61. The van der Waals surface area contributed by atoms with E-state index in [1.165, 1.54) is 6.07 Å². The lowest BCUT2D eigenvalue weighted by Crippen LogP contribution is -2.58. The van der Waals surface area contributed by atoms with E-state index in [1.54, 1.807) is 49.6 Å². The second kappa shape index (κ2) is 9.43. The number of halogens is 1. The van der Waals surface area contributed by atoms with Gasteiger partial charge in [-0.25, -0.2) is 4.39 Å². The van der Waals surface area contributed by atoms with Crippen molar-refractivity contribution >= 4 is 23.2 Å². The summed E-state index contributed by atoms with van der Waals surface area (Å²) in [4.78, 5) is 12.5. The number of methoxy groups -OCH3 is 1. The number of thiocarbonyl (C=S) groups is 1. The summed E-state index contributed by atoms with van der Waals surface area (Å²) in [5.41, 5.74) is -0.0563. The zero-order valence-corrected chi connectivity index (χ0v) is 17.0. The van der Waals surface area contributed by atoms with E-state index in [2.05, 4.69) is 10.6 Å². The van der Waals surface area contributed by atoms with Crippen LogP contribution in [0.2, 0.25) is 0 Å². The molecule has 1 aliphatic rings. The van der Waals surface area contributed by atoms with E-state index < -0.39 is 5.54 Å². The Bertz CT molecular complexity index is 864. The Morgan fingerprint density at radius 3 is 2.59 bits per heavy atom.